The van der Waals surface area contributed by atoms with Crippen molar-refractivity contribution in [2.75, 3.05) is 6.54 Å². The Balaban J connectivity index is 1.48. The lowest BCUT2D eigenvalue weighted by molar-refractivity contribution is -0.370. The number of ketones is 1. The minimum Gasteiger partial charge on any atom is -0.457 e. The van der Waals surface area contributed by atoms with Gasteiger partial charge in [-0.25, -0.2) is 0 Å². The molecule has 5 saturated carbocycles. The number of carbonyl (C=O) groups is 2. The van der Waals surface area contributed by atoms with Crippen LogP contribution in [-0.4, -0.2) is 47.7 Å². The summed E-state index contributed by atoms with van der Waals surface area (Å²) in [5.74, 6) is 1.34. The highest BCUT2D eigenvalue weighted by molar-refractivity contribution is 5.87. The van der Waals surface area contributed by atoms with E-state index in [1.807, 2.05) is 0 Å². The van der Waals surface area contributed by atoms with Gasteiger partial charge in [0.15, 0.2) is 0 Å². The van der Waals surface area contributed by atoms with Gasteiger partial charge in [0, 0.05) is 41.5 Å². The van der Waals surface area contributed by atoms with Crippen molar-refractivity contribution in [3.05, 3.63) is 12.2 Å². The van der Waals surface area contributed by atoms with Crippen molar-refractivity contribution >= 4 is 11.8 Å². The molecule has 9 aliphatic rings. The Morgan fingerprint density at radius 2 is 2.17 bits per heavy atom. The Bertz CT molecular complexity index is 884. The van der Waals surface area contributed by atoms with E-state index in [9.17, 15) is 9.59 Å². The summed E-state index contributed by atoms with van der Waals surface area (Å²) in [7, 11) is 0. The third-order valence-electron chi connectivity index (χ3n) is 11.0. The van der Waals surface area contributed by atoms with Gasteiger partial charge in [-0.15, -0.1) is 0 Å². The van der Waals surface area contributed by atoms with Gasteiger partial charge < -0.3 is 9.47 Å². The van der Waals surface area contributed by atoms with Crippen LogP contribution in [0, 0.1) is 39.9 Å². The van der Waals surface area contributed by atoms with E-state index in [1.165, 1.54) is 19.8 Å². The van der Waals surface area contributed by atoms with Gasteiger partial charge in [-0.1, -0.05) is 20.4 Å². The van der Waals surface area contributed by atoms with Crippen LogP contribution in [-0.2, 0) is 19.1 Å². The first-order valence-corrected chi connectivity index (χ1v) is 11.6. The van der Waals surface area contributed by atoms with E-state index in [1.54, 1.807) is 0 Å². The second kappa shape index (κ2) is 4.83. The van der Waals surface area contributed by atoms with Crippen LogP contribution in [0.4, 0.5) is 0 Å². The number of esters is 1. The molecule has 0 aromatic carbocycles. The minimum absolute atomic E-state index is 0.0477. The van der Waals surface area contributed by atoms with Gasteiger partial charge in [0.2, 0.25) is 0 Å². The molecule has 0 radical (unpaired) electrons. The highest BCUT2D eigenvalue weighted by Crippen LogP contribution is 2.86. The number of hydrogen-bond donors (Lipinski definition) is 0. The van der Waals surface area contributed by atoms with E-state index < -0.39 is 0 Å². The quantitative estimate of drug-likeness (QED) is 0.530. The van der Waals surface area contributed by atoms with Crippen LogP contribution in [0.5, 0.6) is 0 Å². The maximum absolute atomic E-state index is 13.3. The summed E-state index contributed by atoms with van der Waals surface area (Å²) in [5.41, 5.74) is 0.992. The molecule has 2 spiro atoms. The van der Waals surface area contributed by atoms with E-state index in [2.05, 4.69) is 25.3 Å². The van der Waals surface area contributed by atoms with E-state index in [-0.39, 0.29) is 52.5 Å². The molecule has 5 aliphatic carbocycles. The summed E-state index contributed by atoms with van der Waals surface area (Å²) >= 11 is 0. The van der Waals surface area contributed by atoms with Crippen molar-refractivity contribution in [2.45, 2.75) is 77.4 Å². The molecule has 0 N–H and O–H groups in total. The summed E-state index contributed by atoms with van der Waals surface area (Å²) < 4.78 is 12.8. The Morgan fingerprint density at radius 3 is 2.90 bits per heavy atom. The fourth-order valence-corrected chi connectivity index (χ4v) is 10.6. The Morgan fingerprint density at radius 1 is 1.38 bits per heavy atom. The van der Waals surface area contributed by atoms with E-state index in [0.717, 1.165) is 25.0 Å². The number of Topliss-reactive ketones (excluding diaryl/α,β-unsaturated/α-hetero) is 1. The molecule has 29 heavy (non-hydrogen) atoms. The smallest absolute Gasteiger partial charge is 0.303 e. The number of carbonyl (C=O) groups excluding carboxylic acids is 2. The van der Waals surface area contributed by atoms with Gasteiger partial charge in [-0.3, -0.25) is 14.5 Å². The number of fused-ring (bicyclic) bond motifs is 2. The fraction of sp³-hybridized carbons (Fsp3) is 0.833. The molecule has 0 unspecified atom stereocenters. The second-order valence-corrected chi connectivity index (χ2v) is 11.3. The van der Waals surface area contributed by atoms with Crippen molar-refractivity contribution < 1.29 is 19.1 Å². The number of nitrogens with zero attached hydrogens (tertiary/aromatic N) is 1. The zero-order valence-corrected chi connectivity index (χ0v) is 17.6. The van der Waals surface area contributed by atoms with Crippen LogP contribution in [0.2, 0.25) is 0 Å². The molecular formula is C24H31NO4. The Hall–Kier alpha value is -1.20. The lowest BCUT2D eigenvalue weighted by atomic mass is 9.41. The second-order valence-electron chi connectivity index (χ2n) is 11.3. The van der Waals surface area contributed by atoms with Crippen molar-refractivity contribution in [1.82, 2.24) is 4.90 Å². The number of hydrogen-bond acceptors (Lipinski definition) is 5. The van der Waals surface area contributed by atoms with Crippen molar-refractivity contribution in [1.29, 1.82) is 0 Å². The van der Waals surface area contributed by atoms with Gasteiger partial charge >= 0.3 is 5.97 Å². The van der Waals surface area contributed by atoms with Gasteiger partial charge in [-0.05, 0) is 55.6 Å². The van der Waals surface area contributed by atoms with Crippen LogP contribution in [0.15, 0.2) is 12.2 Å². The third-order valence-corrected chi connectivity index (χ3v) is 11.0. The normalized spacial score (nSPS) is 60.8. The summed E-state index contributed by atoms with van der Waals surface area (Å²) in [6.07, 6.45) is 5.21. The zero-order chi connectivity index (χ0) is 20.1. The summed E-state index contributed by atoms with van der Waals surface area (Å²) in [6, 6.07) is 0.468. The van der Waals surface area contributed by atoms with Crippen LogP contribution >= 0.6 is 0 Å². The highest BCUT2D eigenvalue weighted by atomic mass is 16.5. The molecule has 9 bridgehead atoms. The molecule has 9 fully saturated rings. The third kappa shape index (κ3) is 1.47. The molecule has 4 saturated heterocycles. The minimum atomic E-state index is -0.295. The maximum Gasteiger partial charge on any atom is 0.303 e. The van der Waals surface area contributed by atoms with Crippen molar-refractivity contribution in [2.24, 2.45) is 39.9 Å². The number of piperidine rings is 1. The maximum atomic E-state index is 13.3. The average molecular weight is 398 g/mol. The molecule has 5 heteroatoms. The molecule has 4 aliphatic heterocycles. The van der Waals surface area contributed by atoms with Gasteiger partial charge in [0.25, 0.3) is 0 Å². The molecule has 0 aromatic rings. The van der Waals surface area contributed by atoms with Gasteiger partial charge in [0.1, 0.15) is 18.1 Å². The molecule has 9 rings (SSSR count). The zero-order valence-electron chi connectivity index (χ0n) is 17.6. The van der Waals surface area contributed by atoms with Gasteiger partial charge in [0.05, 0.1) is 6.10 Å². The lowest BCUT2D eigenvalue weighted by Gasteiger charge is -2.73. The first kappa shape index (κ1) is 17.5. The molecule has 0 aromatic heterocycles. The molecule has 0 amide bonds. The Kier molecular flexibility index (Phi) is 2.91. The van der Waals surface area contributed by atoms with Crippen LogP contribution in [0.1, 0.15) is 52.9 Å². The SMILES string of the molecule is C=C1[C@H]2C[C@@]3([C@@H]1OC(C)=O)[C@@H](CC2=O)[C@]12[C@@H]4CC[C@]5(C)[C@H]1C[C@H]3[C@H]2N(CC)[C@@H]5O4. The fourth-order valence-electron chi connectivity index (χ4n) is 10.6. The van der Waals surface area contributed by atoms with E-state index in [4.69, 9.17) is 9.47 Å². The molecule has 4 heterocycles. The van der Waals surface area contributed by atoms with E-state index >= 15 is 0 Å². The van der Waals surface area contributed by atoms with Crippen LogP contribution < -0.4 is 0 Å². The average Bonchev–Trinajstić information content (AvgIpc) is 3.22. The number of rotatable bonds is 2. The highest BCUT2D eigenvalue weighted by Gasteiger charge is 2.89. The summed E-state index contributed by atoms with van der Waals surface area (Å²) in [6.45, 7) is 11.5. The van der Waals surface area contributed by atoms with Crippen LogP contribution in [0.25, 0.3) is 0 Å². The largest absolute Gasteiger partial charge is 0.457 e. The predicted molar refractivity (Wildman–Crippen MR) is 105 cm³/mol. The van der Waals surface area contributed by atoms with Crippen molar-refractivity contribution in [3.8, 4) is 0 Å². The monoisotopic (exact) mass is 397 g/mol. The standard InChI is InChI=1S/C24H31NO4/c1-5-25-19-14-8-16-22(4)7-6-18(29-21(22)25)24(16,19)17-9-15(27)13-10-23(14,17)20(11(13)2)28-12(3)26/h13-14,16-21H,2,5-10H2,1,3-4H3/t13-,14+,16-,17-,18+,19-,20-,21-,22-,23+,24+/m1/s1. The topological polar surface area (TPSA) is 55.8 Å². The summed E-state index contributed by atoms with van der Waals surface area (Å²) in [5, 5.41) is 0. The van der Waals surface area contributed by atoms with Crippen molar-refractivity contribution in [3.63, 3.8) is 0 Å². The Labute approximate surface area is 172 Å². The summed E-state index contributed by atoms with van der Waals surface area (Å²) in [4.78, 5) is 28.0. The molecule has 5 nitrogen and oxygen atoms in total. The van der Waals surface area contributed by atoms with E-state index in [0.29, 0.717) is 30.1 Å². The molecule has 156 valence electrons. The number of ether oxygens (including phenoxy) is 2. The first-order valence-electron chi connectivity index (χ1n) is 11.6. The first-order chi connectivity index (χ1) is 13.8. The molecular weight excluding hydrogens is 366 g/mol. The predicted octanol–water partition coefficient (Wildman–Crippen LogP) is 2.93. The molecule has 11 atom stereocenters. The van der Waals surface area contributed by atoms with Gasteiger partial charge in [-0.2, -0.15) is 0 Å². The lowest BCUT2D eigenvalue weighted by Crippen LogP contribution is -2.78. The van der Waals surface area contributed by atoms with Crippen LogP contribution in [0.3, 0.4) is 0 Å².